The number of hydrogen-bond acceptors (Lipinski definition) is 5. The van der Waals surface area contributed by atoms with Crippen molar-refractivity contribution in [3.8, 4) is 17.2 Å². The van der Waals surface area contributed by atoms with Crippen LogP contribution in [-0.4, -0.2) is 26.9 Å². The van der Waals surface area contributed by atoms with Crippen molar-refractivity contribution >= 4 is 5.78 Å². The van der Waals surface area contributed by atoms with Crippen LogP contribution < -0.4 is 4.74 Å². The summed E-state index contributed by atoms with van der Waals surface area (Å²) in [7, 11) is 0. The maximum atomic E-state index is 12.3. The number of aromatic hydroxyl groups is 2. The van der Waals surface area contributed by atoms with Gasteiger partial charge in [-0.15, -0.1) is 0 Å². The van der Waals surface area contributed by atoms with Crippen LogP contribution in [0.5, 0.6) is 17.2 Å². The molecule has 2 rings (SSSR count). The smallest absolute Gasteiger partial charge is 0.215 e. The van der Waals surface area contributed by atoms with Gasteiger partial charge in [0.1, 0.15) is 22.8 Å². The zero-order valence-electron chi connectivity index (χ0n) is 19.7. The van der Waals surface area contributed by atoms with E-state index >= 15 is 0 Å². The third-order valence-electron chi connectivity index (χ3n) is 5.48. The second-order valence-corrected chi connectivity index (χ2v) is 8.47. The molecule has 33 heavy (non-hydrogen) atoms. The molecule has 1 unspecified atom stereocenters. The molecule has 3 N–H and O–H groups in total. The molecule has 0 bridgehead atoms. The lowest BCUT2D eigenvalue weighted by Crippen LogP contribution is -2.41. The number of phenolic OH excluding ortho intramolecular Hbond substituents is 2. The average Bonchev–Trinajstić information content (AvgIpc) is 2.75. The van der Waals surface area contributed by atoms with Crippen LogP contribution in [0, 0.1) is 0 Å². The fourth-order valence-corrected chi connectivity index (χ4v) is 3.72. The van der Waals surface area contributed by atoms with E-state index in [4.69, 9.17) is 4.74 Å². The number of aliphatic hydroxyl groups is 1. The Morgan fingerprint density at radius 2 is 1.45 bits per heavy atom. The van der Waals surface area contributed by atoms with Crippen molar-refractivity contribution in [3.05, 3.63) is 66.3 Å². The fourth-order valence-electron chi connectivity index (χ4n) is 3.72. The number of fused-ring (bicyclic) bond motifs is 1. The standard InChI is InChI=1S/C28H38O5/c1-2-3-4-5-6-7-8-9-10-11-12-13-14-15-16-17-18-19-28(32)22-25(31)27-24(30)20-23(29)21-26(27)33-28/h6-7,9-10,12-13,15-16,20-21,29-30,32H,2-5,8,11,14,17-19,22H2,1H3. The van der Waals surface area contributed by atoms with Gasteiger partial charge in [-0.3, -0.25) is 4.79 Å². The largest absolute Gasteiger partial charge is 0.508 e. The van der Waals surface area contributed by atoms with Gasteiger partial charge in [0.05, 0.1) is 6.42 Å². The Labute approximate surface area is 197 Å². The normalized spacial score (nSPS) is 18.7. The highest BCUT2D eigenvalue weighted by Crippen LogP contribution is 2.41. The molecular formula is C28H38O5. The van der Waals surface area contributed by atoms with E-state index < -0.39 is 11.6 Å². The minimum absolute atomic E-state index is 0.0119. The molecule has 1 aliphatic rings. The topological polar surface area (TPSA) is 87.0 Å². The molecule has 1 aromatic carbocycles. The summed E-state index contributed by atoms with van der Waals surface area (Å²) in [6, 6.07) is 2.33. The summed E-state index contributed by atoms with van der Waals surface area (Å²) in [6.45, 7) is 2.22. The highest BCUT2D eigenvalue weighted by molar-refractivity contribution is 6.02. The van der Waals surface area contributed by atoms with Gasteiger partial charge in [0.2, 0.25) is 5.79 Å². The summed E-state index contributed by atoms with van der Waals surface area (Å²) < 4.78 is 5.55. The maximum absolute atomic E-state index is 12.3. The van der Waals surface area contributed by atoms with Crippen molar-refractivity contribution < 1.29 is 24.9 Å². The second kappa shape index (κ2) is 14.4. The van der Waals surface area contributed by atoms with Crippen LogP contribution >= 0.6 is 0 Å². The molecule has 0 saturated heterocycles. The third kappa shape index (κ3) is 9.70. The lowest BCUT2D eigenvalue weighted by molar-refractivity contribution is -0.145. The molecule has 0 aromatic heterocycles. The van der Waals surface area contributed by atoms with Crippen LogP contribution in [-0.2, 0) is 0 Å². The van der Waals surface area contributed by atoms with Gasteiger partial charge in [-0.1, -0.05) is 68.4 Å². The third-order valence-corrected chi connectivity index (χ3v) is 5.48. The Bertz CT molecular complexity index is 865. The van der Waals surface area contributed by atoms with E-state index in [9.17, 15) is 20.1 Å². The lowest BCUT2D eigenvalue weighted by Gasteiger charge is -2.33. The highest BCUT2D eigenvalue weighted by atomic mass is 16.6. The van der Waals surface area contributed by atoms with Crippen molar-refractivity contribution in [2.75, 3.05) is 0 Å². The Hall–Kier alpha value is -2.79. The number of allylic oxidation sites excluding steroid dienone is 8. The molecule has 0 spiro atoms. The first kappa shape index (κ1) is 26.5. The van der Waals surface area contributed by atoms with Gasteiger partial charge >= 0.3 is 0 Å². The van der Waals surface area contributed by atoms with Gasteiger partial charge in [-0.25, -0.2) is 0 Å². The molecule has 1 aromatic rings. The van der Waals surface area contributed by atoms with Crippen LogP contribution in [0.4, 0.5) is 0 Å². The maximum Gasteiger partial charge on any atom is 0.215 e. The number of ketones is 1. The molecule has 0 fully saturated rings. The molecule has 0 aliphatic carbocycles. The van der Waals surface area contributed by atoms with Crippen molar-refractivity contribution in [3.63, 3.8) is 0 Å². The van der Waals surface area contributed by atoms with Crippen molar-refractivity contribution in [2.45, 2.75) is 83.3 Å². The van der Waals surface area contributed by atoms with Gasteiger partial charge in [0.25, 0.3) is 0 Å². The summed E-state index contributed by atoms with van der Waals surface area (Å²) in [5, 5.41) is 30.1. The first-order chi connectivity index (χ1) is 15.9. The Balaban J connectivity index is 1.60. The lowest BCUT2D eigenvalue weighted by atomic mass is 9.94. The van der Waals surface area contributed by atoms with Crippen molar-refractivity contribution in [1.82, 2.24) is 0 Å². The quantitative estimate of drug-likeness (QED) is 0.210. The molecule has 0 saturated carbocycles. The number of rotatable bonds is 14. The van der Waals surface area contributed by atoms with Crippen molar-refractivity contribution in [1.29, 1.82) is 0 Å². The number of benzene rings is 1. The average molecular weight is 455 g/mol. The molecule has 1 heterocycles. The Morgan fingerprint density at radius 3 is 2.06 bits per heavy atom. The zero-order valence-corrected chi connectivity index (χ0v) is 19.7. The zero-order chi connectivity index (χ0) is 23.9. The molecule has 0 amide bonds. The SMILES string of the molecule is CCCCCC=CCC=CCC=CCC=CCCCC1(O)CC(=O)c2c(O)cc(O)cc2O1. The van der Waals surface area contributed by atoms with Gasteiger partial charge in [-0.05, 0) is 44.9 Å². The first-order valence-electron chi connectivity index (χ1n) is 12.1. The molecule has 5 heteroatoms. The fraction of sp³-hybridized carbons (Fsp3) is 0.464. The molecule has 1 atom stereocenters. The molecule has 1 aliphatic heterocycles. The number of phenols is 2. The molecule has 5 nitrogen and oxygen atoms in total. The minimum Gasteiger partial charge on any atom is -0.508 e. The van der Waals surface area contributed by atoms with E-state index in [1.165, 1.54) is 31.7 Å². The van der Waals surface area contributed by atoms with Crippen LogP contribution in [0.2, 0.25) is 0 Å². The number of carbonyl (C=O) groups is 1. The van der Waals surface area contributed by atoms with E-state index in [0.717, 1.165) is 31.7 Å². The van der Waals surface area contributed by atoms with Gasteiger partial charge < -0.3 is 20.1 Å². The summed E-state index contributed by atoms with van der Waals surface area (Å²) in [6.07, 6.45) is 26.6. The minimum atomic E-state index is -1.62. The van der Waals surface area contributed by atoms with Crippen molar-refractivity contribution in [2.24, 2.45) is 0 Å². The predicted octanol–water partition coefficient (Wildman–Crippen LogP) is 6.90. The first-order valence-corrected chi connectivity index (χ1v) is 12.1. The van der Waals surface area contributed by atoms with Crippen LogP contribution in [0.25, 0.3) is 0 Å². The van der Waals surface area contributed by atoms with E-state index in [1.54, 1.807) is 0 Å². The molecular weight excluding hydrogens is 416 g/mol. The number of hydrogen-bond donors (Lipinski definition) is 3. The monoisotopic (exact) mass is 454 g/mol. The summed E-state index contributed by atoms with van der Waals surface area (Å²) in [5.41, 5.74) is 0.0119. The number of unbranched alkanes of at least 4 members (excludes halogenated alkanes) is 4. The van der Waals surface area contributed by atoms with Gasteiger partial charge in [0.15, 0.2) is 5.78 Å². The number of Topliss-reactive ketones (excluding diaryl/α,β-unsaturated/α-hetero) is 1. The highest BCUT2D eigenvalue weighted by Gasteiger charge is 2.39. The van der Waals surface area contributed by atoms with Crippen LogP contribution in [0.1, 0.15) is 87.9 Å². The van der Waals surface area contributed by atoms with Crippen LogP contribution in [0.3, 0.4) is 0 Å². The molecule has 180 valence electrons. The second-order valence-electron chi connectivity index (χ2n) is 8.47. The summed E-state index contributed by atoms with van der Waals surface area (Å²) in [5.74, 6) is -2.55. The Morgan fingerprint density at radius 1 is 0.879 bits per heavy atom. The van der Waals surface area contributed by atoms with E-state index in [-0.39, 0.29) is 35.7 Å². The number of ether oxygens (including phenoxy) is 1. The van der Waals surface area contributed by atoms with Gasteiger partial charge in [0, 0.05) is 18.6 Å². The summed E-state index contributed by atoms with van der Waals surface area (Å²) >= 11 is 0. The number of carbonyl (C=O) groups excluding carboxylic acids is 1. The van der Waals surface area contributed by atoms with E-state index in [2.05, 4.69) is 55.5 Å². The van der Waals surface area contributed by atoms with Crippen LogP contribution in [0.15, 0.2) is 60.7 Å². The summed E-state index contributed by atoms with van der Waals surface area (Å²) in [4.78, 5) is 12.3. The predicted molar refractivity (Wildman–Crippen MR) is 133 cm³/mol. The molecule has 0 radical (unpaired) electrons. The van der Waals surface area contributed by atoms with E-state index in [1.807, 2.05) is 0 Å². The Kier molecular flexibility index (Phi) is 11.5. The van der Waals surface area contributed by atoms with Gasteiger partial charge in [-0.2, -0.15) is 0 Å². The van der Waals surface area contributed by atoms with E-state index in [0.29, 0.717) is 6.42 Å².